The van der Waals surface area contributed by atoms with Crippen molar-refractivity contribution < 1.29 is 0 Å². The number of nitrogens with zero attached hydrogens (tertiary/aromatic N) is 4. The second kappa shape index (κ2) is 5.49. The lowest BCUT2D eigenvalue weighted by atomic mass is 10.1. The third-order valence-corrected chi connectivity index (χ3v) is 3.59. The van der Waals surface area contributed by atoms with Gasteiger partial charge in [-0.15, -0.1) is 0 Å². The Bertz CT molecular complexity index is 713. The molecule has 2 heterocycles. The number of nitriles is 1. The molecule has 21 heavy (non-hydrogen) atoms. The molecule has 1 fully saturated rings. The normalized spacial score (nSPS) is 13.8. The maximum atomic E-state index is 9.03. The van der Waals surface area contributed by atoms with Crippen LogP contribution in [0.25, 0.3) is 11.3 Å². The molecule has 2 aromatic rings. The van der Waals surface area contributed by atoms with E-state index in [0.29, 0.717) is 11.5 Å². The summed E-state index contributed by atoms with van der Waals surface area (Å²) < 4.78 is 0. The number of hydrogen-bond donors (Lipinski definition) is 1. The van der Waals surface area contributed by atoms with E-state index in [4.69, 9.17) is 10.2 Å². The summed E-state index contributed by atoms with van der Waals surface area (Å²) >= 11 is 0. The quantitative estimate of drug-likeness (QED) is 0.931. The lowest BCUT2D eigenvalue weighted by Crippen LogP contribution is -2.07. The zero-order valence-electron chi connectivity index (χ0n) is 12.2. The average Bonchev–Trinajstić information content (AvgIpc) is 3.34. The second-order valence-corrected chi connectivity index (χ2v) is 5.28. The number of pyridine rings is 1. The van der Waals surface area contributed by atoms with Gasteiger partial charge < -0.3 is 5.32 Å². The second-order valence-electron chi connectivity index (χ2n) is 5.28. The van der Waals surface area contributed by atoms with Gasteiger partial charge in [-0.05, 0) is 32.8 Å². The van der Waals surface area contributed by atoms with Crippen molar-refractivity contribution in [1.29, 1.82) is 5.26 Å². The molecule has 0 bridgehead atoms. The smallest absolute Gasteiger partial charge is 0.134 e. The molecule has 0 aromatic carbocycles. The number of anilines is 1. The maximum Gasteiger partial charge on any atom is 0.134 e. The minimum Gasteiger partial charge on any atom is -0.370 e. The van der Waals surface area contributed by atoms with Gasteiger partial charge in [-0.2, -0.15) is 5.26 Å². The van der Waals surface area contributed by atoms with Crippen LogP contribution in [0.5, 0.6) is 0 Å². The molecule has 0 aliphatic heterocycles. The number of nitrogens with one attached hydrogen (secondary N) is 1. The summed E-state index contributed by atoms with van der Waals surface area (Å²) in [7, 11) is 0. The van der Waals surface area contributed by atoms with Crippen LogP contribution in [0.2, 0.25) is 0 Å². The van der Waals surface area contributed by atoms with E-state index in [2.05, 4.69) is 28.3 Å². The van der Waals surface area contributed by atoms with Crippen molar-refractivity contribution in [3.63, 3.8) is 0 Å². The molecule has 0 saturated heterocycles. The van der Waals surface area contributed by atoms with Crippen molar-refractivity contribution in [2.45, 2.75) is 32.6 Å². The molecule has 0 unspecified atom stereocenters. The van der Waals surface area contributed by atoms with Gasteiger partial charge in [0.1, 0.15) is 17.7 Å². The Balaban J connectivity index is 2.13. The highest BCUT2D eigenvalue weighted by Gasteiger charge is 2.28. The molecule has 0 atom stereocenters. The van der Waals surface area contributed by atoms with Gasteiger partial charge in [0, 0.05) is 36.0 Å². The zero-order chi connectivity index (χ0) is 14.8. The van der Waals surface area contributed by atoms with Crippen LogP contribution in [0, 0.1) is 18.3 Å². The predicted molar refractivity (Wildman–Crippen MR) is 80.9 cm³/mol. The number of rotatable bonds is 4. The van der Waals surface area contributed by atoms with Gasteiger partial charge in [0.05, 0.1) is 11.3 Å². The molecule has 5 heteroatoms. The van der Waals surface area contributed by atoms with Crippen LogP contribution in [-0.2, 0) is 0 Å². The highest BCUT2D eigenvalue weighted by atomic mass is 15.0. The van der Waals surface area contributed by atoms with Crippen LogP contribution < -0.4 is 5.32 Å². The van der Waals surface area contributed by atoms with Crippen LogP contribution in [0.4, 0.5) is 5.82 Å². The molecular weight excluding hydrogens is 262 g/mol. The van der Waals surface area contributed by atoms with E-state index in [-0.39, 0.29) is 0 Å². The van der Waals surface area contributed by atoms with E-state index in [9.17, 15) is 0 Å². The van der Waals surface area contributed by atoms with Crippen LogP contribution >= 0.6 is 0 Å². The lowest BCUT2D eigenvalue weighted by molar-refractivity contribution is 0.918. The van der Waals surface area contributed by atoms with Crippen LogP contribution in [0.15, 0.2) is 18.5 Å². The lowest BCUT2D eigenvalue weighted by Gasteiger charge is -2.13. The van der Waals surface area contributed by atoms with Crippen molar-refractivity contribution in [2.24, 2.45) is 0 Å². The first-order chi connectivity index (χ1) is 10.2. The summed E-state index contributed by atoms with van der Waals surface area (Å²) in [6.07, 6.45) is 5.63. The van der Waals surface area contributed by atoms with Crippen LogP contribution in [0.1, 0.15) is 42.6 Å². The SMILES string of the molecule is CCNc1nc(C2CC2)nc(-c2cncc(C#N)c2)c1C. The summed E-state index contributed by atoms with van der Waals surface area (Å²) in [4.78, 5) is 13.5. The Morgan fingerprint density at radius 2 is 2.14 bits per heavy atom. The molecule has 5 nitrogen and oxygen atoms in total. The Labute approximate surface area is 124 Å². The van der Waals surface area contributed by atoms with Crippen molar-refractivity contribution in [1.82, 2.24) is 15.0 Å². The topological polar surface area (TPSA) is 74.5 Å². The summed E-state index contributed by atoms with van der Waals surface area (Å²) in [6, 6.07) is 3.95. The van der Waals surface area contributed by atoms with E-state index in [1.165, 1.54) is 0 Å². The third-order valence-electron chi connectivity index (χ3n) is 3.59. The molecular formula is C16H17N5. The van der Waals surface area contributed by atoms with E-state index in [0.717, 1.165) is 47.8 Å². The van der Waals surface area contributed by atoms with Gasteiger partial charge in [-0.3, -0.25) is 4.98 Å². The largest absolute Gasteiger partial charge is 0.370 e. The zero-order valence-corrected chi connectivity index (χ0v) is 12.2. The Kier molecular flexibility index (Phi) is 3.53. The molecule has 1 N–H and O–H groups in total. The molecule has 0 radical (unpaired) electrons. The molecule has 1 aliphatic rings. The summed E-state index contributed by atoms with van der Waals surface area (Å²) in [5.41, 5.74) is 3.28. The van der Waals surface area contributed by atoms with E-state index < -0.39 is 0 Å². The van der Waals surface area contributed by atoms with E-state index in [1.807, 2.05) is 13.0 Å². The highest BCUT2D eigenvalue weighted by Crippen LogP contribution is 2.40. The van der Waals surface area contributed by atoms with Gasteiger partial charge in [0.2, 0.25) is 0 Å². The summed E-state index contributed by atoms with van der Waals surface area (Å²) in [5, 5.41) is 12.3. The Morgan fingerprint density at radius 1 is 1.33 bits per heavy atom. The summed E-state index contributed by atoms with van der Waals surface area (Å²) in [6.45, 7) is 4.87. The Hall–Kier alpha value is -2.48. The predicted octanol–water partition coefficient (Wildman–Crippen LogP) is 3.03. The molecule has 1 saturated carbocycles. The van der Waals surface area contributed by atoms with Crippen molar-refractivity contribution in [2.75, 3.05) is 11.9 Å². The molecule has 1 aliphatic carbocycles. The van der Waals surface area contributed by atoms with Gasteiger partial charge in [-0.1, -0.05) is 0 Å². The molecule has 3 rings (SSSR count). The number of aromatic nitrogens is 3. The van der Waals surface area contributed by atoms with Crippen molar-refractivity contribution in [3.8, 4) is 17.3 Å². The summed E-state index contributed by atoms with van der Waals surface area (Å²) in [5.74, 6) is 2.26. The average molecular weight is 279 g/mol. The maximum absolute atomic E-state index is 9.03. The van der Waals surface area contributed by atoms with Gasteiger partial charge in [-0.25, -0.2) is 9.97 Å². The number of hydrogen-bond acceptors (Lipinski definition) is 5. The first kappa shape index (κ1) is 13.5. The minimum absolute atomic E-state index is 0.480. The fraction of sp³-hybridized carbons (Fsp3) is 0.375. The van der Waals surface area contributed by atoms with Gasteiger partial charge in [0.15, 0.2) is 0 Å². The molecule has 106 valence electrons. The molecule has 2 aromatic heterocycles. The minimum atomic E-state index is 0.480. The van der Waals surface area contributed by atoms with E-state index >= 15 is 0 Å². The van der Waals surface area contributed by atoms with E-state index in [1.54, 1.807) is 12.4 Å². The van der Waals surface area contributed by atoms with Crippen LogP contribution in [0.3, 0.4) is 0 Å². The standard InChI is InChI=1S/C16H17N5/c1-3-19-15-10(2)14(20-16(21-15)12-4-5-12)13-6-11(7-17)8-18-9-13/h6,8-9,12H,3-5H2,1-2H3,(H,19,20,21). The fourth-order valence-corrected chi connectivity index (χ4v) is 2.31. The fourth-order valence-electron chi connectivity index (χ4n) is 2.31. The third kappa shape index (κ3) is 2.70. The van der Waals surface area contributed by atoms with Crippen LogP contribution in [-0.4, -0.2) is 21.5 Å². The first-order valence-electron chi connectivity index (χ1n) is 7.20. The van der Waals surface area contributed by atoms with Crippen molar-refractivity contribution in [3.05, 3.63) is 35.4 Å². The Morgan fingerprint density at radius 3 is 2.81 bits per heavy atom. The van der Waals surface area contributed by atoms with Crippen molar-refractivity contribution >= 4 is 5.82 Å². The van der Waals surface area contributed by atoms with Gasteiger partial charge in [0.25, 0.3) is 0 Å². The highest BCUT2D eigenvalue weighted by molar-refractivity contribution is 5.68. The monoisotopic (exact) mass is 279 g/mol. The first-order valence-corrected chi connectivity index (χ1v) is 7.20. The molecule has 0 spiro atoms. The van der Waals surface area contributed by atoms with Gasteiger partial charge >= 0.3 is 0 Å². The molecule has 0 amide bonds.